The molecule has 1 aliphatic heterocycles. The van der Waals surface area contributed by atoms with Crippen LogP contribution in [-0.2, 0) is 0 Å². The summed E-state index contributed by atoms with van der Waals surface area (Å²) in [5, 5.41) is 3.32. The number of carbonyl (C=O) groups excluding carboxylic acids is 1. The molecule has 0 aromatic heterocycles. The van der Waals surface area contributed by atoms with Crippen molar-refractivity contribution >= 4 is 17.3 Å². The second-order valence-corrected chi connectivity index (χ2v) is 5.27. The first-order chi connectivity index (χ1) is 10.1. The summed E-state index contributed by atoms with van der Waals surface area (Å²) in [7, 11) is 0. The van der Waals surface area contributed by atoms with E-state index in [2.05, 4.69) is 5.32 Å². The van der Waals surface area contributed by atoms with E-state index < -0.39 is 0 Å². The number of fused-ring (bicyclic) bond motifs is 1. The van der Waals surface area contributed by atoms with Crippen molar-refractivity contribution in [2.45, 2.75) is 13.3 Å². The third-order valence-electron chi connectivity index (χ3n) is 3.60. The molecule has 0 saturated heterocycles. The SMILES string of the molecule is Cc1cc(F)cc(C(=O)N2CCCNc3ccccc32)c1. The highest BCUT2D eigenvalue weighted by atomic mass is 19.1. The van der Waals surface area contributed by atoms with Gasteiger partial charge in [0.1, 0.15) is 5.82 Å². The van der Waals surface area contributed by atoms with E-state index in [9.17, 15) is 9.18 Å². The number of hydrogen-bond acceptors (Lipinski definition) is 2. The Morgan fingerprint density at radius 1 is 1.24 bits per heavy atom. The maximum absolute atomic E-state index is 13.5. The Balaban J connectivity index is 2.01. The van der Waals surface area contributed by atoms with Crippen LogP contribution in [-0.4, -0.2) is 19.0 Å². The highest BCUT2D eigenvalue weighted by Gasteiger charge is 2.22. The molecule has 108 valence electrons. The number of nitrogens with one attached hydrogen (secondary N) is 1. The van der Waals surface area contributed by atoms with Gasteiger partial charge in [-0.1, -0.05) is 12.1 Å². The molecule has 2 aromatic rings. The second kappa shape index (κ2) is 5.56. The molecule has 0 saturated carbocycles. The van der Waals surface area contributed by atoms with E-state index in [1.54, 1.807) is 17.9 Å². The lowest BCUT2D eigenvalue weighted by atomic mass is 10.1. The van der Waals surface area contributed by atoms with Gasteiger partial charge < -0.3 is 10.2 Å². The molecule has 4 heteroatoms. The van der Waals surface area contributed by atoms with E-state index in [4.69, 9.17) is 0 Å². The summed E-state index contributed by atoms with van der Waals surface area (Å²) in [5.41, 5.74) is 2.93. The summed E-state index contributed by atoms with van der Waals surface area (Å²) in [6.45, 7) is 3.24. The average molecular weight is 284 g/mol. The number of rotatable bonds is 1. The smallest absolute Gasteiger partial charge is 0.258 e. The Morgan fingerprint density at radius 2 is 2.05 bits per heavy atom. The summed E-state index contributed by atoms with van der Waals surface area (Å²) in [6.07, 6.45) is 0.856. The van der Waals surface area contributed by atoms with Crippen LogP contribution in [0.5, 0.6) is 0 Å². The van der Waals surface area contributed by atoms with Crippen molar-refractivity contribution in [2.24, 2.45) is 0 Å². The zero-order valence-corrected chi connectivity index (χ0v) is 11.9. The van der Waals surface area contributed by atoms with Crippen LogP contribution in [0.25, 0.3) is 0 Å². The van der Waals surface area contributed by atoms with Gasteiger partial charge in [0.15, 0.2) is 0 Å². The molecule has 0 aliphatic carbocycles. The van der Waals surface area contributed by atoms with Crippen molar-refractivity contribution in [3.8, 4) is 0 Å². The molecular weight excluding hydrogens is 267 g/mol. The van der Waals surface area contributed by atoms with Crippen LogP contribution >= 0.6 is 0 Å². The molecule has 21 heavy (non-hydrogen) atoms. The third kappa shape index (κ3) is 2.75. The lowest BCUT2D eigenvalue weighted by Crippen LogP contribution is -2.31. The van der Waals surface area contributed by atoms with Gasteiger partial charge in [-0.05, 0) is 49.2 Å². The van der Waals surface area contributed by atoms with Crippen molar-refractivity contribution in [2.75, 3.05) is 23.3 Å². The highest BCUT2D eigenvalue weighted by Crippen LogP contribution is 2.29. The third-order valence-corrected chi connectivity index (χ3v) is 3.60. The zero-order valence-electron chi connectivity index (χ0n) is 11.9. The van der Waals surface area contributed by atoms with E-state index in [-0.39, 0.29) is 11.7 Å². The number of amides is 1. The Labute approximate surface area is 123 Å². The zero-order chi connectivity index (χ0) is 14.8. The van der Waals surface area contributed by atoms with Crippen LogP contribution in [0.1, 0.15) is 22.3 Å². The molecular formula is C17H17FN2O. The summed E-state index contributed by atoms with van der Waals surface area (Å²) < 4.78 is 13.5. The average Bonchev–Trinajstić information content (AvgIpc) is 2.68. The van der Waals surface area contributed by atoms with E-state index >= 15 is 0 Å². The van der Waals surface area contributed by atoms with Crippen molar-refractivity contribution in [3.63, 3.8) is 0 Å². The number of aryl methyl sites for hydroxylation is 1. The molecule has 0 radical (unpaired) electrons. The molecule has 0 fully saturated rings. The van der Waals surface area contributed by atoms with Gasteiger partial charge in [0.05, 0.1) is 11.4 Å². The first-order valence-electron chi connectivity index (χ1n) is 7.07. The van der Waals surface area contributed by atoms with E-state index in [1.165, 1.54) is 12.1 Å². The van der Waals surface area contributed by atoms with Gasteiger partial charge in [0.25, 0.3) is 5.91 Å². The number of hydrogen-bond donors (Lipinski definition) is 1. The minimum Gasteiger partial charge on any atom is -0.383 e. The Morgan fingerprint density at radius 3 is 2.86 bits per heavy atom. The minimum atomic E-state index is -0.375. The molecule has 2 aromatic carbocycles. The van der Waals surface area contributed by atoms with Crippen molar-refractivity contribution < 1.29 is 9.18 Å². The predicted octanol–water partition coefficient (Wildman–Crippen LogP) is 3.60. The molecule has 0 bridgehead atoms. The van der Waals surface area contributed by atoms with Crippen molar-refractivity contribution in [3.05, 3.63) is 59.4 Å². The molecule has 1 N–H and O–H groups in total. The fourth-order valence-corrected chi connectivity index (χ4v) is 2.67. The van der Waals surface area contributed by atoms with Crippen LogP contribution in [0.15, 0.2) is 42.5 Å². The summed E-state index contributed by atoms with van der Waals surface area (Å²) >= 11 is 0. The van der Waals surface area contributed by atoms with E-state index in [0.29, 0.717) is 12.1 Å². The number of para-hydroxylation sites is 2. The number of halogens is 1. The molecule has 3 rings (SSSR count). The van der Waals surface area contributed by atoms with E-state index in [1.807, 2.05) is 24.3 Å². The van der Waals surface area contributed by atoms with Gasteiger partial charge >= 0.3 is 0 Å². The fraction of sp³-hybridized carbons (Fsp3) is 0.235. The van der Waals surface area contributed by atoms with Crippen LogP contribution < -0.4 is 10.2 Å². The van der Waals surface area contributed by atoms with Crippen LogP contribution in [0.3, 0.4) is 0 Å². The van der Waals surface area contributed by atoms with Gasteiger partial charge in [-0.3, -0.25) is 4.79 Å². The molecule has 0 atom stereocenters. The summed E-state index contributed by atoms with van der Waals surface area (Å²) in [6, 6.07) is 12.2. The molecule has 1 heterocycles. The summed E-state index contributed by atoms with van der Waals surface area (Å²) in [5.74, 6) is -0.534. The molecule has 1 aliphatic rings. The van der Waals surface area contributed by atoms with Crippen molar-refractivity contribution in [1.29, 1.82) is 0 Å². The van der Waals surface area contributed by atoms with Gasteiger partial charge in [0, 0.05) is 18.7 Å². The molecule has 0 spiro atoms. The Bertz CT molecular complexity index is 664. The van der Waals surface area contributed by atoms with Gasteiger partial charge in [-0.25, -0.2) is 4.39 Å². The van der Waals surface area contributed by atoms with Gasteiger partial charge in [-0.2, -0.15) is 0 Å². The Kier molecular flexibility index (Phi) is 3.60. The predicted molar refractivity (Wildman–Crippen MR) is 82.4 cm³/mol. The first-order valence-corrected chi connectivity index (χ1v) is 7.07. The van der Waals surface area contributed by atoms with Gasteiger partial charge in [0.2, 0.25) is 0 Å². The number of nitrogens with zero attached hydrogens (tertiary/aromatic N) is 1. The lowest BCUT2D eigenvalue weighted by molar-refractivity contribution is 0.0986. The molecule has 3 nitrogen and oxygen atoms in total. The van der Waals surface area contributed by atoms with Crippen LogP contribution in [0.2, 0.25) is 0 Å². The quantitative estimate of drug-likeness (QED) is 0.868. The fourth-order valence-electron chi connectivity index (χ4n) is 2.67. The second-order valence-electron chi connectivity index (χ2n) is 5.27. The highest BCUT2D eigenvalue weighted by molar-refractivity contribution is 6.08. The topological polar surface area (TPSA) is 32.3 Å². The molecule has 0 unspecified atom stereocenters. The number of benzene rings is 2. The largest absolute Gasteiger partial charge is 0.383 e. The lowest BCUT2D eigenvalue weighted by Gasteiger charge is -2.22. The Hall–Kier alpha value is -2.36. The van der Waals surface area contributed by atoms with Crippen LogP contribution in [0, 0.1) is 12.7 Å². The van der Waals surface area contributed by atoms with E-state index in [0.717, 1.165) is 29.9 Å². The normalized spacial score (nSPS) is 14.1. The maximum atomic E-state index is 13.5. The van der Waals surface area contributed by atoms with Crippen molar-refractivity contribution in [1.82, 2.24) is 0 Å². The monoisotopic (exact) mass is 284 g/mol. The first kappa shape index (κ1) is 13.6. The number of carbonyl (C=O) groups is 1. The van der Waals surface area contributed by atoms with Crippen LogP contribution in [0.4, 0.5) is 15.8 Å². The molecule has 1 amide bonds. The number of anilines is 2. The maximum Gasteiger partial charge on any atom is 0.258 e. The minimum absolute atomic E-state index is 0.159. The summed E-state index contributed by atoms with van der Waals surface area (Å²) in [4.78, 5) is 14.5. The standard InChI is InChI=1S/C17H17FN2O/c1-12-9-13(11-14(18)10-12)17(21)20-8-4-7-19-15-5-2-3-6-16(15)20/h2-3,5-6,9-11,19H,4,7-8H2,1H3. The van der Waals surface area contributed by atoms with Gasteiger partial charge in [-0.15, -0.1) is 0 Å².